The van der Waals surface area contributed by atoms with Crippen LogP contribution in [0, 0.1) is 5.92 Å². The molecule has 5 heteroatoms. The maximum Gasteiger partial charge on any atom is 0.287 e. The van der Waals surface area contributed by atoms with E-state index in [1.807, 2.05) is 44.2 Å². The summed E-state index contributed by atoms with van der Waals surface area (Å²) in [7, 11) is 0. The van der Waals surface area contributed by atoms with Gasteiger partial charge in [-0.25, -0.2) is 0 Å². The molecular weight excluding hydrogens is 282 g/mol. The van der Waals surface area contributed by atoms with Gasteiger partial charge in [0.2, 0.25) is 11.2 Å². The van der Waals surface area contributed by atoms with E-state index in [0.29, 0.717) is 12.5 Å². The first-order valence-corrected chi connectivity index (χ1v) is 7.14. The maximum atomic E-state index is 11.9. The zero-order valence-electron chi connectivity index (χ0n) is 12.7. The second kappa shape index (κ2) is 7.45. The molecule has 0 saturated heterocycles. The van der Waals surface area contributed by atoms with Crippen LogP contribution in [0.3, 0.4) is 0 Å². The molecule has 22 heavy (non-hydrogen) atoms. The highest BCUT2D eigenvalue weighted by Crippen LogP contribution is 2.09. The van der Waals surface area contributed by atoms with Gasteiger partial charge in [0.1, 0.15) is 12.9 Å². The number of benzene rings is 1. The lowest BCUT2D eigenvalue weighted by Crippen LogP contribution is -2.28. The third-order valence-corrected chi connectivity index (χ3v) is 2.93. The first-order chi connectivity index (χ1) is 10.6. The Labute approximate surface area is 128 Å². The molecule has 0 aliphatic rings. The number of carbonyl (C=O) groups excluding carboxylic acids is 1. The van der Waals surface area contributed by atoms with E-state index in [-0.39, 0.29) is 23.5 Å². The highest BCUT2D eigenvalue weighted by molar-refractivity contribution is 5.91. The molecular formula is C17H19NO4. The van der Waals surface area contributed by atoms with Crippen LogP contribution in [0.5, 0.6) is 5.75 Å². The van der Waals surface area contributed by atoms with Gasteiger partial charge in [0.15, 0.2) is 5.76 Å². The van der Waals surface area contributed by atoms with Gasteiger partial charge in [-0.15, -0.1) is 0 Å². The Balaban J connectivity index is 2.00. The quantitative estimate of drug-likeness (QED) is 0.890. The van der Waals surface area contributed by atoms with E-state index in [9.17, 15) is 9.59 Å². The van der Waals surface area contributed by atoms with Crippen molar-refractivity contribution in [1.82, 2.24) is 5.32 Å². The topological polar surface area (TPSA) is 68.5 Å². The Morgan fingerprint density at radius 1 is 1.27 bits per heavy atom. The van der Waals surface area contributed by atoms with Crippen molar-refractivity contribution in [3.8, 4) is 5.75 Å². The Morgan fingerprint density at radius 3 is 2.64 bits per heavy atom. The average molecular weight is 301 g/mol. The molecule has 1 N–H and O–H groups in total. The van der Waals surface area contributed by atoms with Crippen molar-refractivity contribution in [3.63, 3.8) is 0 Å². The van der Waals surface area contributed by atoms with E-state index in [4.69, 9.17) is 9.15 Å². The van der Waals surface area contributed by atoms with Crippen LogP contribution in [0.2, 0.25) is 0 Å². The second-order valence-corrected chi connectivity index (χ2v) is 5.35. The van der Waals surface area contributed by atoms with E-state index < -0.39 is 5.91 Å². The molecule has 0 aliphatic heterocycles. The van der Waals surface area contributed by atoms with Crippen molar-refractivity contribution < 1.29 is 13.9 Å². The number of amides is 1. The summed E-state index contributed by atoms with van der Waals surface area (Å²) in [6.45, 7) is 4.76. The number of nitrogens with one attached hydrogen (secondary N) is 1. The fourth-order valence-corrected chi connectivity index (χ4v) is 1.74. The van der Waals surface area contributed by atoms with Crippen LogP contribution in [0.15, 0.2) is 51.9 Å². The van der Waals surface area contributed by atoms with Gasteiger partial charge in [-0.3, -0.25) is 9.59 Å². The van der Waals surface area contributed by atoms with Crippen LogP contribution in [-0.4, -0.2) is 12.5 Å². The van der Waals surface area contributed by atoms with Crippen molar-refractivity contribution in [3.05, 3.63) is 64.2 Å². The van der Waals surface area contributed by atoms with Gasteiger partial charge in [0, 0.05) is 12.6 Å². The molecule has 0 bridgehead atoms. The van der Waals surface area contributed by atoms with Crippen molar-refractivity contribution in [2.24, 2.45) is 5.92 Å². The predicted molar refractivity (Wildman–Crippen MR) is 82.9 cm³/mol. The molecule has 116 valence electrons. The molecule has 0 unspecified atom stereocenters. The van der Waals surface area contributed by atoms with Gasteiger partial charge in [-0.2, -0.15) is 0 Å². The Bertz CT molecular complexity index is 677. The van der Waals surface area contributed by atoms with Crippen LogP contribution in [0.1, 0.15) is 30.0 Å². The lowest BCUT2D eigenvalue weighted by atomic mass is 10.2. The van der Waals surface area contributed by atoms with E-state index >= 15 is 0 Å². The molecule has 1 aromatic heterocycles. The zero-order chi connectivity index (χ0) is 15.9. The van der Waals surface area contributed by atoms with Crippen LogP contribution >= 0.6 is 0 Å². The third-order valence-electron chi connectivity index (χ3n) is 2.93. The molecule has 0 saturated carbocycles. The van der Waals surface area contributed by atoms with Crippen LogP contribution in [0.25, 0.3) is 0 Å². The summed E-state index contributed by atoms with van der Waals surface area (Å²) in [5.74, 6) is -0.00784. The van der Waals surface area contributed by atoms with E-state index in [0.717, 1.165) is 11.6 Å². The van der Waals surface area contributed by atoms with E-state index in [2.05, 4.69) is 5.32 Å². The SMILES string of the molecule is CC(C)CNC(=O)c1cc(=O)c(OCc2ccccc2)co1. The smallest absolute Gasteiger partial charge is 0.287 e. The first-order valence-electron chi connectivity index (χ1n) is 7.14. The molecule has 1 heterocycles. The number of hydrogen-bond donors (Lipinski definition) is 1. The Morgan fingerprint density at radius 2 is 2.00 bits per heavy atom. The van der Waals surface area contributed by atoms with Gasteiger partial charge in [-0.05, 0) is 11.5 Å². The minimum absolute atomic E-state index is 0.0160. The highest BCUT2D eigenvalue weighted by atomic mass is 16.5. The Hall–Kier alpha value is -2.56. The van der Waals surface area contributed by atoms with Gasteiger partial charge in [0.25, 0.3) is 5.91 Å². The fraction of sp³-hybridized carbons (Fsp3) is 0.294. The number of carbonyl (C=O) groups is 1. The number of ether oxygens (including phenoxy) is 1. The molecule has 0 atom stereocenters. The number of hydrogen-bond acceptors (Lipinski definition) is 4. The van der Waals surface area contributed by atoms with Crippen LogP contribution < -0.4 is 15.5 Å². The van der Waals surface area contributed by atoms with Gasteiger partial charge < -0.3 is 14.5 Å². The molecule has 0 spiro atoms. The number of rotatable bonds is 6. The standard InChI is InChI=1S/C17H19NO4/c1-12(2)9-18-17(20)15-8-14(19)16(11-22-15)21-10-13-6-4-3-5-7-13/h3-8,11-12H,9-10H2,1-2H3,(H,18,20). The van der Waals surface area contributed by atoms with Crippen molar-refractivity contribution >= 4 is 5.91 Å². The minimum Gasteiger partial charge on any atom is -0.482 e. The average Bonchev–Trinajstić information content (AvgIpc) is 2.52. The van der Waals surface area contributed by atoms with Crippen LogP contribution in [-0.2, 0) is 6.61 Å². The fourth-order valence-electron chi connectivity index (χ4n) is 1.74. The first kappa shape index (κ1) is 15.8. The molecule has 0 radical (unpaired) electrons. The monoisotopic (exact) mass is 301 g/mol. The van der Waals surface area contributed by atoms with Crippen molar-refractivity contribution in [2.75, 3.05) is 6.54 Å². The summed E-state index contributed by atoms with van der Waals surface area (Å²) >= 11 is 0. The second-order valence-electron chi connectivity index (χ2n) is 5.35. The summed E-state index contributed by atoms with van der Waals surface area (Å²) in [6.07, 6.45) is 1.18. The summed E-state index contributed by atoms with van der Waals surface area (Å²) in [5.41, 5.74) is 0.567. The van der Waals surface area contributed by atoms with Gasteiger partial charge in [0.05, 0.1) is 0 Å². The van der Waals surface area contributed by atoms with Crippen molar-refractivity contribution in [1.29, 1.82) is 0 Å². The summed E-state index contributed by atoms with van der Waals surface area (Å²) < 4.78 is 10.6. The lowest BCUT2D eigenvalue weighted by Gasteiger charge is -2.08. The van der Waals surface area contributed by atoms with E-state index in [1.165, 1.54) is 6.26 Å². The molecule has 2 aromatic rings. The summed E-state index contributed by atoms with van der Waals surface area (Å²) in [4.78, 5) is 23.7. The molecule has 5 nitrogen and oxygen atoms in total. The zero-order valence-corrected chi connectivity index (χ0v) is 12.7. The van der Waals surface area contributed by atoms with Gasteiger partial charge in [-0.1, -0.05) is 44.2 Å². The third kappa shape index (κ3) is 4.48. The molecule has 1 aromatic carbocycles. The normalized spacial score (nSPS) is 10.5. The van der Waals surface area contributed by atoms with Gasteiger partial charge >= 0.3 is 0 Å². The molecule has 1 amide bonds. The highest BCUT2D eigenvalue weighted by Gasteiger charge is 2.12. The lowest BCUT2D eigenvalue weighted by molar-refractivity contribution is 0.0917. The molecule has 0 fully saturated rings. The largest absolute Gasteiger partial charge is 0.482 e. The molecule has 2 rings (SSSR count). The van der Waals surface area contributed by atoms with E-state index in [1.54, 1.807) is 0 Å². The summed E-state index contributed by atoms with van der Waals surface area (Å²) in [6, 6.07) is 10.6. The summed E-state index contributed by atoms with van der Waals surface area (Å²) in [5, 5.41) is 2.69. The Kier molecular flexibility index (Phi) is 5.36. The predicted octanol–water partition coefficient (Wildman–Crippen LogP) is 2.60. The molecule has 0 aliphatic carbocycles. The van der Waals surface area contributed by atoms with Crippen LogP contribution in [0.4, 0.5) is 0 Å². The minimum atomic E-state index is -0.402. The van der Waals surface area contributed by atoms with Crippen molar-refractivity contribution in [2.45, 2.75) is 20.5 Å². The maximum absolute atomic E-state index is 11.9.